The van der Waals surface area contributed by atoms with E-state index in [1.807, 2.05) is 18.2 Å². The van der Waals surface area contributed by atoms with Gasteiger partial charge in [0.2, 0.25) is 0 Å². The largest absolute Gasteiger partial charge is 0.487 e. The maximum Gasteiger partial charge on any atom is 0.130 e. The average Bonchev–Trinajstić information content (AvgIpc) is 3.17. The lowest BCUT2D eigenvalue weighted by Gasteiger charge is -2.20. The van der Waals surface area contributed by atoms with Crippen LogP contribution in [0.25, 0.3) is 0 Å². The lowest BCUT2D eigenvalue weighted by Crippen LogP contribution is -2.31. The summed E-state index contributed by atoms with van der Waals surface area (Å²) in [5, 5.41) is 0. The molecule has 2 atom stereocenters. The topological polar surface area (TPSA) is 28.6 Å². The Morgan fingerprint density at radius 1 is 1.12 bits per heavy atom. The molecule has 0 amide bonds. The van der Waals surface area contributed by atoms with Crippen LogP contribution in [0.4, 0.5) is 0 Å². The Kier molecular flexibility index (Phi) is 4.50. The Labute approximate surface area is 144 Å². The van der Waals surface area contributed by atoms with Crippen molar-refractivity contribution in [2.75, 3.05) is 26.7 Å². The van der Waals surface area contributed by atoms with Gasteiger partial charge in [-0.25, -0.2) is 0 Å². The van der Waals surface area contributed by atoms with Gasteiger partial charge in [0.15, 0.2) is 0 Å². The molecule has 0 aliphatic carbocycles. The van der Waals surface area contributed by atoms with Gasteiger partial charge in [0.05, 0.1) is 5.69 Å². The Bertz CT molecular complexity index is 658. The number of likely N-dealkylation sites (tertiary alicyclic amines) is 2. The van der Waals surface area contributed by atoms with Crippen LogP contribution in [0.1, 0.15) is 17.7 Å². The van der Waals surface area contributed by atoms with Crippen molar-refractivity contribution >= 4 is 0 Å². The van der Waals surface area contributed by atoms with Gasteiger partial charge in [-0.15, -0.1) is 0 Å². The number of rotatable bonds is 5. The second kappa shape index (κ2) is 6.91. The summed E-state index contributed by atoms with van der Waals surface area (Å²) in [5.41, 5.74) is 2.32. The molecule has 1 aromatic heterocycles. The minimum Gasteiger partial charge on any atom is -0.487 e. The third-order valence-electron chi connectivity index (χ3n) is 5.34. The quantitative estimate of drug-likeness (QED) is 0.846. The van der Waals surface area contributed by atoms with E-state index in [0.717, 1.165) is 29.9 Å². The molecule has 2 aliphatic rings. The van der Waals surface area contributed by atoms with Gasteiger partial charge in [-0.3, -0.25) is 9.88 Å². The molecule has 24 heavy (non-hydrogen) atoms. The number of benzene rings is 1. The molecule has 4 heteroatoms. The standard InChI is InChI=1S/C20H25N3O/c1-22-11-9-17-13-23(14-20(17)22)12-16-5-7-19(8-6-16)24-15-18-4-2-3-10-21-18/h2-8,10,17,20H,9,11-15H2,1H3/t17-,20+/m0/s1. The summed E-state index contributed by atoms with van der Waals surface area (Å²) in [6.07, 6.45) is 3.16. The van der Waals surface area contributed by atoms with Crippen LogP contribution in [0, 0.1) is 5.92 Å². The fraction of sp³-hybridized carbons (Fsp3) is 0.450. The molecule has 0 saturated carbocycles. The Morgan fingerprint density at radius 2 is 2.00 bits per heavy atom. The predicted octanol–water partition coefficient (Wildman–Crippen LogP) is 2.80. The molecular weight excluding hydrogens is 298 g/mol. The maximum absolute atomic E-state index is 5.81. The molecule has 3 heterocycles. The maximum atomic E-state index is 5.81. The molecule has 0 N–H and O–H groups in total. The van der Waals surface area contributed by atoms with Crippen LogP contribution in [-0.2, 0) is 13.2 Å². The average molecular weight is 323 g/mol. The molecule has 0 unspecified atom stereocenters. The zero-order chi connectivity index (χ0) is 16.4. The van der Waals surface area contributed by atoms with Crippen molar-refractivity contribution in [2.45, 2.75) is 25.6 Å². The zero-order valence-corrected chi connectivity index (χ0v) is 14.3. The van der Waals surface area contributed by atoms with Crippen LogP contribution < -0.4 is 4.74 Å². The number of aromatic nitrogens is 1. The highest BCUT2D eigenvalue weighted by Gasteiger charge is 2.39. The highest BCUT2D eigenvalue weighted by Crippen LogP contribution is 2.31. The van der Waals surface area contributed by atoms with Gasteiger partial charge in [-0.1, -0.05) is 18.2 Å². The predicted molar refractivity (Wildman–Crippen MR) is 94.8 cm³/mol. The molecule has 0 radical (unpaired) electrons. The van der Waals surface area contributed by atoms with E-state index in [0.29, 0.717) is 6.61 Å². The van der Waals surface area contributed by atoms with Crippen molar-refractivity contribution in [3.63, 3.8) is 0 Å². The zero-order valence-electron chi connectivity index (χ0n) is 14.3. The lowest BCUT2D eigenvalue weighted by molar-refractivity contribution is 0.255. The molecular formula is C20H25N3O. The highest BCUT2D eigenvalue weighted by molar-refractivity contribution is 5.27. The van der Waals surface area contributed by atoms with Crippen molar-refractivity contribution in [1.29, 1.82) is 0 Å². The smallest absolute Gasteiger partial charge is 0.130 e. The summed E-state index contributed by atoms with van der Waals surface area (Å²) in [6.45, 7) is 5.28. The van der Waals surface area contributed by atoms with E-state index in [1.54, 1.807) is 6.20 Å². The summed E-state index contributed by atoms with van der Waals surface area (Å²) in [5.74, 6) is 1.78. The van der Waals surface area contributed by atoms with E-state index in [1.165, 1.54) is 31.6 Å². The van der Waals surface area contributed by atoms with Gasteiger partial charge in [0.25, 0.3) is 0 Å². The minimum atomic E-state index is 0.516. The van der Waals surface area contributed by atoms with Gasteiger partial charge in [0, 0.05) is 31.9 Å². The van der Waals surface area contributed by atoms with Gasteiger partial charge < -0.3 is 9.64 Å². The van der Waals surface area contributed by atoms with Crippen molar-refractivity contribution in [1.82, 2.24) is 14.8 Å². The van der Waals surface area contributed by atoms with E-state index in [2.05, 4.69) is 46.1 Å². The number of fused-ring (bicyclic) bond motifs is 1. The van der Waals surface area contributed by atoms with Gasteiger partial charge in [0.1, 0.15) is 12.4 Å². The first kappa shape index (κ1) is 15.6. The fourth-order valence-electron chi connectivity index (χ4n) is 3.98. The second-order valence-electron chi connectivity index (χ2n) is 7.04. The van der Waals surface area contributed by atoms with Crippen LogP contribution in [0.15, 0.2) is 48.7 Å². The van der Waals surface area contributed by atoms with Crippen LogP contribution in [0.3, 0.4) is 0 Å². The van der Waals surface area contributed by atoms with E-state index in [9.17, 15) is 0 Å². The van der Waals surface area contributed by atoms with Crippen molar-refractivity contribution in [3.05, 3.63) is 59.9 Å². The van der Waals surface area contributed by atoms with Crippen molar-refractivity contribution in [3.8, 4) is 5.75 Å². The van der Waals surface area contributed by atoms with Crippen LogP contribution in [0.2, 0.25) is 0 Å². The van der Waals surface area contributed by atoms with E-state index < -0.39 is 0 Å². The SMILES string of the molecule is CN1CC[C@H]2CN(Cc3ccc(OCc4ccccn4)cc3)C[C@H]21. The van der Waals surface area contributed by atoms with Crippen molar-refractivity contribution in [2.24, 2.45) is 5.92 Å². The number of ether oxygens (including phenoxy) is 1. The molecule has 2 aliphatic heterocycles. The van der Waals surface area contributed by atoms with E-state index >= 15 is 0 Å². The molecule has 0 bridgehead atoms. The monoisotopic (exact) mass is 323 g/mol. The third-order valence-corrected chi connectivity index (χ3v) is 5.34. The van der Waals surface area contributed by atoms with Crippen molar-refractivity contribution < 1.29 is 4.74 Å². The number of pyridine rings is 1. The molecule has 4 nitrogen and oxygen atoms in total. The summed E-state index contributed by atoms with van der Waals surface area (Å²) < 4.78 is 5.81. The molecule has 0 spiro atoms. The van der Waals surface area contributed by atoms with Gasteiger partial charge in [-0.05, 0) is 55.8 Å². The summed E-state index contributed by atoms with van der Waals surface area (Å²) in [7, 11) is 2.27. The first-order valence-corrected chi connectivity index (χ1v) is 8.82. The molecule has 1 aromatic carbocycles. The Balaban J connectivity index is 1.30. The van der Waals surface area contributed by atoms with Gasteiger partial charge >= 0.3 is 0 Å². The first-order valence-electron chi connectivity index (χ1n) is 8.82. The number of likely N-dealkylation sites (N-methyl/N-ethyl adjacent to an activating group) is 1. The van der Waals surface area contributed by atoms with E-state index in [-0.39, 0.29) is 0 Å². The summed E-state index contributed by atoms with van der Waals surface area (Å²) >= 11 is 0. The molecule has 2 fully saturated rings. The molecule has 4 rings (SSSR count). The van der Waals surface area contributed by atoms with Gasteiger partial charge in [-0.2, -0.15) is 0 Å². The summed E-state index contributed by atoms with van der Waals surface area (Å²) in [4.78, 5) is 9.40. The van der Waals surface area contributed by atoms with Crippen LogP contribution in [0.5, 0.6) is 5.75 Å². The Morgan fingerprint density at radius 3 is 2.75 bits per heavy atom. The Hall–Kier alpha value is -1.91. The third kappa shape index (κ3) is 3.45. The highest BCUT2D eigenvalue weighted by atomic mass is 16.5. The first-order chi connectivity index (χ1) is 11.8. The lowest BCUT2D eigenvalue weighted by atomic mass is 10.1. The minimum absolute atomic E-state index is 0.516. The summed E-state index contributed by atoms with van der Waals surface area (Å²) in [6, 6.07) is 15.2. The van der Waals surface area contributed by atoms with Crippen LogP contribution >= 0.6 is 0 Å². The van der Waals surface area contributed by atoms with E-state index in [4.69, 9.17) is 4.74 Å². The second-order valence-corrected chi connectivity index (χ2v) is 7.04. The molecule has 2 saturated heterocycles. The normalized spacial score (nSPS) is 24.2. The van der Waals surface area contributed by atoms with Crippen LogP contribution in [-0.4, -0.2) is 47.5 Å². The molecule has 2 aromatic rings. The fourth-order valence-corrected chi connectivity index (χ4v) is 3.98. The number of hydrogen-bond acceptors (Lipinski definition) is 4. The number of hydrogen-bond donors (Lipinski definition) is 0. The molecule has 126 valence electrons. The number of nitrogens with zero attached hydrogens (tertiary/aromatic N) is 3.